The summed E-state index contributed by atoms with van der Waals surface area (Å²) in [6.45, 7) is 13.6. The first-order valence-corrected chi connectivity index (χ1v) is 7.35. The van der Waals surface area contributed by atoms with Gasteiger partial charge in [-0.2, -0.15) is 0 Å². The van der Waals surface area contributed by atoms with Crippen LogP contribution in [0.5, 0.6) is 0 Å². The van der Waals surface area contributed by atoms with E-state index < -0.39 is 0 Å². The van der Waals surface area contributed by atoms with E-state index in [-0.39, 0.29) is 5.54 Å². The van der Waals surface area contributed by atoms with Gasteiger partial charge in [-0.1, -0.05) is 19.8 Å². The lowest BCUT2D eigenvalue weighted by molar-refractivity contribution is 0.253. The highest BCUT2D eigenvalue weighted by Crippen LogP contribution is 2.40. The van der Waals surface area contributed by atoms with E-state index in [1.807, 2.05) is 0 Å². The second-order valence-corrected chi connectivity index (χ2v) is 6.97. The molecule has 0 amide bonds. The van der Waals surface area contributed by atoms with Crippen LogP contribution in [0.25, 0.3) is 0 Å². The fourth-order valence-electron chi connectivity index (χ4n) is 2.70. The van der Waals surface area contributed by atoms with Crippen molar-refractivity contribution in [2.75, 3.05) is 13.1 Å². The van der Waals surface area contributed by atoms with E-state index in [4.69, 9.17) is 0 Å². The van der Waals surface area contributed by atoms with Crippen LogP contribution in [0.15, 0.2) is 0 Å². The lowest BCUT2D eigenvalue weighted by atomic mass is 9.83. The summed E-state index contributed by atoms with van der Waals surface area (Å²) in [5.74, 6) is 0. The molecule has 0 saturated heterocycles. The summed E-state index contributed by atoms with van der Waals surface area (Å²) in [5, 5.41) is 7.29. The van der Waals surface area contributed by atoms with Gasteiger partial charge in [-0.15, -0.1) is 0 Å². The fraction of sp³-hybridized carbons (Fsp3) is 1.00. The summed E-state index contributed by atoms with van der Waals surface area (Å²) in [4.78, 5) is 0. The molecule has 17 heavy (non-hydrogen) atoms. The van der Waals surface area contributed by atoms with Gasteiger partial charge in [0.25, 0.3) is 0 Å². The molecular weight excluding hydrogens is 208 g/mol. The van der Waals surface area contributed by atoms with Gasteiger partial charge in [-0.25, -0.2) is 0 Å². The minimum absolute atomic E-state index is 0.228. The number of hydrogen-bond donors (Lipinski definition) is 2. The van der Waals surface area contributed by atoms with Crippen molar-refractivity contribution in [2.45, 2.75) is 78.3 Å². The lowest BCUT2D eigenvalue weighted by Gasteiger charge is -2.31. The van der Waals surface area contributed by atoms with Crippen LogP contribution >= 0.6 is 0 Å². The lowest BCUT2D eigenvalue weighted by Crippen LogP contribution is -2.46. The van der Waals surface area contributed by atoms with E-state index in [0.717, 1.165) is 6.54 Å². The topological polar surface area (TPSA) is 24.1 Å². The van der Waals surface area contributed by atoms with Gasteiger partial charge in [0.05, 0.1) is 0 Å². The minimum atomic E-state index is 0.228. The first-order valence-electron chi connectivity index (χ1n) is 7.35. The minimum Gasteiger partial charge on any atom is -0.312 e. The smallest absolute Gasteiger partial charge is 0.0164 e. The second-order valence-electron chi connectivity index (χ2n) is 6.97. The molecule has 2 heteroatoms. The van der Waals surface area contributed by atoms with Gasteiger partial charge < -0.3 is 10.6 Å². The summed E-state index contributed by atoms with van der Waals surface area (Å²) in [6, 6.07) is 0.568. The van der Waals surface area contributed by atoms with Crippen LogP contribution in [-0.4, -0.2) is 24.7 Å². The average molecular weight is 240 g/mol. The summed E-state index contributed by atoms with van der Waals surface area (Å²) in [6.07, 6.45) is 7.06. The van der Waals surface area contributed by atoms with E-state index in [1.54, 1.807) is 0 Å². The molecule has 1 rings (SSSR count). The van der Waals surface area contributed by atoms with Gasteiger partial charge in [0.2, 0.25) is 0 Å². The summed E-state index contributed by atoms with van der Waals surface area (Å²) in [7, 11) is 0. The third-order valence-electron chi connectivity index (χ3n) is 4.18. The zero-order chi connectivity index (χ0) is 12.9. The molecule has 1 fully saturated rings. The molecule has 1 atom stereocenters. The first kappa shape index (κ1) is 15.0. The molecule has 0 bridgehead atoms. The third-order valence-corrected chi connectivity index (χ3v) is 4.18. The Bertz CT molecular complexity index is 211. The largest absolute Gasteiger partial charge is 0.312 e. The zero-order valence-electron chi connectivity index (χ0n) is 12.5. The summed E-state index contributed by atoms with van der Waals surface area (Å²) in [5.41, 5.74) is 0.835. The van der Waals surface area contributed by atoms with Gasteiger partial charge >= 0.3 is 0 Å². The van der Waals surface area contributed by atoms with E-state index in [1.165, 1.54) is 38.6 Å². The first-order chi connectivity index (χ1) is 7.87. The van der Waals surface area contributed by atoms with Crippen LogP contribution < -0.4 is 10.6 Å². The van der Waals surface area contributed by atoms with Crippen molar-refractivity contribution in [1.82, 2.24) is 10.6 Å². The van der Waals surface area contributed by atoms with Gasteiger partial charge in [0.1, 0.15) is 0 Å². The van der Waals surface area contributed by atoms with Crippen molar-refractivity contribution in [2.24, 2.45) is 5.41 Å². The van der Waals surface area contributed by atoms with Gasteiger partial charge in [0, 0.05) is 24.7 Å². The Hall–Kier alpha value is -0.0800. The molecule has 0 aromatic heterocycles. The second kappa shape index (κ2) is 6.19. The van der Waals surface area contributed by atoms with Gasteiger partial charge in [-0.3, -0.25) is 0 Å². The average Bonchev–Trinajstić information content (AvgIpc) is 2.72. The Morgan fingerprint density at radius 1 is 1.18 bits per heavy atom. The standard InChI is InChI=1S/C15H32N2/c1-6-15(9-7-8-10-15)12-16-13(2)11-17-14(3,4)5/h13,16-17H,6-12H2,1-5H3. The summed E-state index contributed by atoms with van der Waals surface area (Å²) >= 11 is 0. The van der Waals surface area contributed by atoms with Gasteiger partial charge in [0.15, 0.2) is 0 Å². The maximum atomic E-state index is 3.73. The van der Waals surface area contributed by atoms with Crippen LogP contribution in [0.3, 0.4) is 0 Å². The zero-order valence-corrected chi connectivity index (χ0v) is 12.5. The Morgan fingerprint density at radius 2 is 1.76 bits per heavy atom. The number of nitrogens with one attached hydrogen (secondary N) is 2. The van der Waals surface area contributed by atoms with Crippen molar-refractivity contribution in [1.29, 1.82) is 0 Å². The number of rotatable bonds is 6. The van der Waals surface area contributed by atoms with Crippen LogP contribution in [-0.2, 0) is 0 Å². The van der Waals surface area contributed by atoms with E-state index in [2.05, 4.69) is 45.3 Å². The maximum absolute atomic E-state index is 3.73. The SMILES string of the molecule is CCC1(CNC(C)CNC(C)(C)C)CCCC1. The van der Waals surface area contributed by atoms with Gasteiger partial charge in [-0.05, 0) is 52.4 Å². The predicted molar refractivity (Wildman–Crippen MR) is 76.4 cm³/mol. The molecule has 1 aliphatic carbocycles. The van der Waals surface area contributed by atoms with E-state index >= 15 is 0 Å². The molecule has 2 nitrogen and oxygen atoms in total. The molecule has 1 aliphatic rings. The highest BCUT2D eigenvalue weighted by molar-refractivity contribution is 4.86. The van der Waals surface area contributed by atoms with E-state index in [9.17, 15) is 0 Å². The van der Waals surface area contributed by atoms with Crippen LogP contribution in [0.1, 0.15) is 66.7 Å². The maximum Gasteiger partial charge on any atom is 0.0164 e. The van der Waals surface area contributed by atoms with E-state index in [0.29, 0.717) is 11.5 Å². The molecule has 0 aromatic carbocycles. The molecule has 1 unspecified atom stereocenters. The molecule has 0 radical (unpaired) electrons. The Balaban J connectivity index is 2.25. The third kappa shape index (κ3) is 5.39. The molecule has 0 aromatic rings. The number of hydrogen-bond acceptors (Lipinski definition) is 2. The monoisotopic (exact) mass is 240 g/mol. The van der Waals surface area contributed by atoms with Crippen molar-refractivity contribution in [3.8, 4) is 0 Å². The Morgan fingerprint density at radius 3 is 2.24 bits per heavy atom. The highest BCUT2D eigenvalue weighted by Gasteiger charge is 2.31. The highest BCUT2D eigenvalue weighted by atomic mass is 15.0. The molecule has 0 heterocycles. The normalized spacial score (nSPS) is 21.7. The molecular formula is C15H32N2. The molecule has 1 saturated carbocycles. The van der Waals surface area contributed by atoms with Crippen molar-refractivity contribution in [3.63, 3.8) is 0 Å². The van der Waals surface area contributed by atoms with Crippen molar-refractivity contribution < 1.29 is 0 Å². The Labute approximate surface area is 108 Å². The van der Waals surface area contributed by atoms with Crippen LogP contribution in [0.2, 0.25) is 0 Å². The van der Waals surface area contributed by atoms with Crippen LogP contribution in [0.4, 0.5) is 0 Å². The quantitative estimate of drug-likeness (QED) is 0.744. The summed E-state index contributed by atoms with van der Waals surface area (Å²) < 4.78 is 0. The van der Waals surface area contributed by atoms with Crippen LogP contribution in [0, 0.1) is 5.41 Å². The fourth-order valence-corrected chi connectivity index (χ4v) is 2.70. The molecule has 0 aliphatic heterocycles. The molecule has 102 valence electrons. The van der Waals surface area contributed by atoms with Crippen molar-refractivity contribution >= 4 is 0 Å². The van der Waals surface area contributed by atoms with Crippen molar-refractivity contribution in [3.05, 3.63) is 0 Å². The molecule has 2 N–H and O–H groups in total. The predicted octanol–water partition coefficient (Wildman–Crippen LogP) is 3.32. The Kier molecular flexibility index (Phi) is 5.46. The molecule has 0 spiro atoms.